The Morgan fingerprint density at radius 1 is 1.12 bits per heavy atom. The third kappa shape index (κ3) is 3.59. The first-order valence-electron chi connectivity index (χ1n) is 6.50. The van der Waals surface area contributed by atoms with Crippen molar-refractivity contribution in [3.8, 4) is 0 Å². The fourth-order valence-corrected chi connectivity index (χ4v) is 2.91. The molecule has 0 amide bonds. The zero-order chi connectivity index (χ0) is 11.2. The normalized spacial score (nSPS) is 28.7. The van der Waals surface area contributed by atoms with Crippen molar-refractivity contribution < 1.29 is 4.74 Å². The predicted octanol–water partition coefficient (Wildman–Crippen LogP) is 1.41. The van der Waals surface area contributed by atoms with E-state index in [1.165, 1.54) is 45.4 Å². The Kier molecular flexibility index (Phi) is 5.36. The minimum Gasteiger partial charge on any atom is -0.378 e. The molecule has 0 aromatic heterocycles. The van der Waals surface area contributed by atoms with Crippen LogP contribution in [0.4, 0.5) is 0 Å². The molecule has 16 heavy (non-hydrogen) atoms. The van der Waals surface area contributed by atoms with Crippen LogP contribution in [0.2, 0.25) is 0 Å². The van der Waals surface area contributed by atoms with Crippen LogP contribution in [0.3, 0.4) is 0 Å². The lowest BCUT2D eigenvalue weighted by atomic mass is 10.2. The van der Waals surface area contributed by atoms with Crippen LogP contribution in [0.1, 0.15) is 19.3 Å². The fraction of sp³-hybridized carbons (Fsp3) is 1.00. The minimum absolute atomic E-state index is 0.439. The molecule has 2 aliphatic rings. The van der Waals surface area contributed by atoms with Gasteiger partial charge >= 0.3 is 0 Å². The maximum atomic E-state index is 5.95. The zero-order valence-electron chi connectivity index (χ0n) is 10.0. The summed E-state index contributed by atoms with van der Waals surface area (Å²) in [6.07, 6.45) is 4.05. The van der Waals surface area contributed by atoms with Crippen LogP contribution in [0.15, 0.2) is 0 Å². The molecule has 0 spiro atoms. The number of morpholine rings is 1. The monoisotopic (exact) mass is 246 g/mol. The van der Waals surface area contributed by atoms with Crippen molar-refractivity contribution in [1.82, 2.24) is 9.80 Å². The number of rotatable bonds is 5. The molecule has 0 saturated carbocycles. The molecule has 0 aromatic carbocycles. The average Bonchev–Trinajstić information content (AvgIpc) is 2.83. The van der Waals surface area contributed by atoms with Gasteiger partial charge in [0.2, 0.25) is 0 Å². The molecule has 3 nitrogen and oxygen atoms in total. The fourth-order valence-electron chi connectivity index (χ4n) is 2.63. The third-order valence-corrected chi connectivity index (χ3v) is 4.00. The van der Waals surface area contributed by atoms with Gasteiger partial charge in [0.1, 0.15) is 0 Å². The van der Waals surface area contributed by atoms with Gasteiger partial charge in [-0.25, -0.2) is 0 Å². The Morgan fingerprint density at radius 3 is 2.69 bits per heavy atom. The van der Waals surface area contributed by atoms with Gasteiger partial charge in [-0.15, -0.1) is 11.6 Å². The Balaban J connectivity index is 1.63. The van der Waals surface area contributed by atoms with Gasteiger partial charge in [-0.1, -0.05) is 0 Å². The Labute approximate surface area is 104 Å². The topological polar surface area (TPSA) is 15.7 Å². The largest absolute Gasteiger partial charge is 0.378 e. The van der Waals surface area contributed by atoms with Crippen LogP contribution < -0.4 is 0 Å². The molecule has 1 unspecified atom stereocenters. The molecule has 2 fully saturated rings. The summed E-state index contributed by atoms with van der Waals surface area (Å²) in [7, 11) is 0. The molecule has 0 N–H and O–H groups in total. The summed E-state index contributed by atoms with van der Waals surface area (Å²) in [5.74, 6) is 0.698. The lowest BCUT2D eigenvalue weighted by Crippen LogP contribution is -2.47. The van der Waals surface area contributed by atoms with Crippen LogP contribution in [0.5, 0.6) is 0 Å². The highest BCUT2D eigenvalue weighted by Gasteiger charge is 2.21. The van der Waals surface area contributed by atoms with Crippen molar-refractivity contribution in [3.05, 3.63) is 0 Å². The number of likely N-dealkylation sites (tertiary alicyclic amines) is 1. The van der Waals surface area contributed by atoms with Crippen molar-refractivity contribution in [2.24, 2.45) is 0 Å². The van der Waals surface area contributed by atoms with Crippen LogP contribution in [-0.2, 0) is 4.74 Å². The van der Waals surface area contributed by atoms with E-state index in [9.17, 15) is 0 Å². The van der Waals surface area contributed by atoms with E-state index in [-0.39, 0.29) is 0 Å². The summed E-state index contributed by atoms with van der Waals surface area (Å²) in [6, 6.07) is 0.439. The van der Waals surface area contributed by atoms with Gasteiger partial charge in [0.25, 0.3) is 0 Å². The number of hydrogen-bond donors (Lipinski definition) is 0. The van der Waals surface area contributed by atoms with E-state index in [4.69, 9.17) is 16.3 Å². The molecule has 94 valence electrons. The third-order valence-electron chi connectivity index (χ3n) is 3.65. The van der Waals surface area contributed by atoms with Gasteiger partial charge in [-0.2, -0.15) is 0 Å². The number of alkyl halides is 1. The van der Waals surface area contributed by atoms with Crippen LogP contribution in [0, 0.1) is 0 Å². The zero-order valence-corrected chi connectivity index (χ0v) is 10.8. The van der Waals surface area contributed by atoms with E-state index in [1.807, 2.05) is 0 Å². The summed E-state index contributed by atoms with van der Waals surface area (Å²) >= 11 is 5.95. The summed E-state index contributed by atoms with van der Waals surface area (Å²) in [6.45, 7) is 7.79. The van der Waals surface area contributed by atoms with Gasteiger partial charge < -0.3 is 9.64 Å². The lowest BCUT2D eigenvalue weighted by molar-refractivity contribution is -0.000180. The van der Waals surface area contributed by atoms with Gasteiger partial charge in [-0.05, 0) is 45.4 Å². The second-order valence-corrected chi connectivity index (χ2v) is 5.13. The Morgan fingerprint density at radius 2 is 1.94 bits per heavy atom. The van der Waals surface area contributed by atoms with Crippen LogP contribution in [0.25, 0.3) is 0 Å². The number of ether oxygens (including phenoxy) is 1. The first-order valence-corrected chi connectivity index (χ1v) is 7.03. The molecule has 0 aliphatic carbocycles. The average molecular weight is 247 g/mol. The predicted molar refractivity (Wildman–Crippen MR) is 67.2 cm³/mol. The van der Waals surface area contributed by atoms with E-state index in [1.54, 1.807) is 0 Å². The molecule has 0 aromatic rings. The molecule has 4 heteroatoms. The molecule has 1 atom stereocenters. The van der Waals surface area contributed by atoms with Gasteiger partial charge in [0.15, 0.2) is 0 Å². The van der Waals surface area contributed by atoms with Crippen molar-refractivity contribution in [2.45, 2.75) is 25.3 Å². The molecule has 2 heterocycles. The molecule has 0 radical (unpaired) electrons. The molecule has 2 saturated heterocycles. The number of nitrogens with zero attached hydrogens (tertiary/aromatic N) is 2. The first kappa shape index (κ1) is 12.6. The van der Waals surface area contributed by atoms with Crippen LogP contribution in [-0.4, -0.2) is 67.7 Å². The van der Waals surface area contributed by atoms with Crippen molar-refractivity contribution >= 4 is 11.6 Å². The van der Waals surface area contributed by atoms with E-state index < -0.39 is 0 Å². The maximum absolute atomic E-state index is 5.95. The second kappa shape index (κ2) is 6.80. The highest BCUT2D eigenvalue weighted by Crippen LogP contribution is 2.11. The van der Waals surface area contributed by atoms with Gasteiger partial charge in [0.05, 0.1) is 13.2 Å². The van der Waals surface area contributed by atoms with E-state index in [2.05, 4.69) is 9.80 Å². The first-order chi connectivity index (χ1) is 7.90. The Hall–Kier alpha value is 0.170. The number of halogens is 1. The van der Waals surface area contributed by atoms with E-state index >= 15 is 0 Å². The number of hydrogen-bond acceptors (Lipinski definition) is 3. The summed E-state index contributed by atoms with van der Waals surface area (Å²) in [4.78, 5) is 5.07. The summed E-state index contributed by atoms with van der Waals surface area (Å²) < 4.78 is 5.45. The molecule has 2 aliphatic heterocycles. The highest BCUT2D eigenvalue weighted by atomic mass is 35.5. The van der Waals surface area contributed by atoms with Gasteiger partial charge in [0, 0.05) is 18.5 Å². The van der Waals surface area contributed by atoms with Crippen molar-refractivity contribution in [1.29, 1.82) is 0 Å². The Bertz CT molecular complexity index is 197. The lowest BCUT2D eigenvalue weighted by Gasteiger charge is -2.34. The summed E-state index contributed by atoms with van der Waals surface area (Å²) in [5, 5.41) is 0. The standard InChI is InChI=1S/C12H23ClN2O/c13-10-12-11-16-9-8-15(12)7-3-6-14-4-1-2-5-14/h12H,1-11H2. The van der Waals surface area contributed by atoms with Crippen LogP contribution >= 0.6 is 11.6 Å². The minimum atomic E-state index is 0.439. The van der Waals surface area contributed by atoms with Crippen molar-refractivity contribution in [2.75, 3.05) is 51.8 Å². The molecule has 2 rings (SSSR count). The highest BCUT2D eigenvalue weighted by molar-refractivity contribution is 6.18. The second-order valence-electron chi connectivity index (χ2n) is 4.82. The molecular weight excluding hydrogens is 224 g/mol. The van der Waals surface area contributed by atoms with E-state index in [0.717, 1.165) is 19.8 Å². The van der Waals surface area contributed by atoms with Gasteiger partial charge in [-0.3, -0.25) is 4.90 Å². The van der Waals surface area contributed by atoms with E-state index in [0.29, 0.717) is 11.9 Å². The smallest absolute Gasteiger partial charge is 0.0634 e. The van der Waals surface area contributed by atoms with Crippen molar-refractivity contribution in [3.63, 3.8) is 0 Å². The summed E-state index contributed by atoms with van der Waals surface area (Å²) in [5.41, 5.74) is 0. The molecule has 0 bridgehead atoms. The maximum Gasteiger partial charge on any atom is 0.0634 e. The SMILES string of the molecule is ClCC1COCCN1CCCN1CCCC1. The quantitative estimate of drug-likeness (QED) is 0.683. The molecular formula is C12H23ClN2O.